The van der Waals surface area contributed by atoms with Gasteiger partial charge < -0.3 is 10.1 Å². The molecule has 0 atom stereocenters. The van der Waals surface area contributed by atoms with Gasteiger partial charge in [0, 0.05) is 37.8 Å². The third-order valence-corrected chi connectivity index (χ3v) is 6.76. The number of carbonyl (C=O) groups is 1. The van der Waals surface area contributed by atoms with Crippen molar-refractivity contribution in [1.82, 2.24) is 4.98 Å². The molecule has 37 heavy (non-hydrogen) atoms. The van der Waals surface area contributed by atoms with Crippen molar-refractivity contribution >= 4 is 16.6 Å². The topological polar surface area (TPSA) is 50.2 Å². The zero-order chi connectivity index (χ0) is 26.3. The molecule has 0 unspecified atom stereocenters. The molecule has 5 rings (SSSR count). The summed E-state index contributed by atoms with van der Waals surface area (Å²) < 4.78 is 0. The average molecular weight is 669 g/mol. The SMILES string of the molecule is CC(=O)/C=C(/C)O.CC(C)(C)c1cc[c-]c(-c2nccc3c2C(C)(C)c2c-3ccc3ccccc23)c1.[Ir]. The quantitative estimate of drug-likeness (QED) is 0.133. The minimum absolute atomic E-state index is 0. The predicted octanol–water partition coefficient (Wildman–Crippen LogP) is 8.34. The smallest absolute Gasteiger partial charge is 0.155 e. The minimum atomic E-state index is -0.125. The van der Waals surface area contributed by atoms with Gasteiger partial charge >= 0.3 is 0 Å². The molecule has 0 saturated carbocycles. The monoisotopic (exact) mass is 669 g/mol. The standard InChI is InChI=1S/C28H26N.C5H8O2.Ir/c1-27(2,3)20-11-8-10-19(17-20)26-25-23(15-16-29-26)22-14-13-18-9-6-7-12-21(18)24(22)28(25,4)5;1-4(6)3-5(2)7;/h6-9,11-17H,1-5H3;3,6H,1-2H3;/q-1;;/b;4-3-;. The average Bonchev–Trinajstić information content (AvgIpc) is 3.05. The first-order chi connectivity index (χ1) is 16.9. The number of rotatable bonds is 2. The fourth-order valence-corrected chi connectivity index (χ4v) is 5.18. The number of pyridine rings is 1. The Kier molecular flexibility index (Phi) is 8.27. The molecule has 1 aliphatic rings. The summed E-state index contributed by atoms with van der Waals surface area (Å²) in [6.45, 7) is 14.3. The summed E-state index contributed by atoms with van der Waals surface area (Å²) in [5.74, 6) is -0.0625. The Balaban J connectivity index is 0.000000422. The molecule has 1 radical (unpaired) electrons. The van der Waals surface area contributed by atoms with Gasteiger partial charge in [-0.25, -0.2) is 0 Å². The fourth-order valence-electron chi connectivity index (χ4n) is 5.18. The first-order valence-corrected chi connectivity index (χ1v) is 12.3. The van der Waals surface area contributed by atoms with Gasteiger partial charge in [0.05, 0.1) is 5.76 Å². The molecular formula is C33H34IrNO2-. The molecule has 1 heterocycles. The summed E-state index contributed by atoms with van der Waals surface area (Å²) in [5.41, 5.74) is 8.77. The number of allylic oxidation sites excluding steroid dienone is 2. The maximum absolute atomic E-state index is 10.0. The predicted molar refractivity (Wildman–Crippen MR) is 149 cm³/mol. The van der Waals surface area contributed by atoms with Crippen LogP contribution in [-0.4, -0.2) is 15.9 Å². The molecule has 0 aliphatic heterocycles. The van der Waals surface area contributed by atoms with Gasteiger partial charge in [-0.2, -0.15) is 0 Å². The third kappa shape index (κ3) is 5.61. The van der Waals surface area contributed by atoms with E-state index in [-0.39, 0.29) is 42.5 Å². The number of ketones is 1. The molecule has 1 N–H and O–H groups in total. The number of fused-ring (bicyclic) bond motifs is 5. The van der Waals surface area contributed by atoms with Crippen LogP contribution in [0.4, 0.5) is 0 Å². The summed E-state index contributed by atoms with van der Waals surface area (Å²) in [5, 5.41) is 11.0. The zero-order valence-corrected chi connectivity index (χ0v) is 25.0. The van der Waals surface area contributed by atoms with Crippen molar-refractivity contribution in [3.63, 3.8) is 0 Å². The van der Waals surface area contributed by atoms with E-state index in [1.165, 1.54) is 58.5 Å². The summed E-state index contributed by atoms with van der Waals surface area (Å²) in [6.07, 6.45) is 3.12. The first-order valence-electron chi connectivity index (χ1n) is 12.3. The van der Waals surface area contributed by atoms with Gasteiger partial charge in [0.25, 0.3) is 0 Å². The second-order valence-corrected chi connectivity index (χ2v) is 11.1. The van der Waals surface area contributed by atoms with Gasteiger partial charge in [0.2, 0.25) is 0 Å². The van der Waals surface area contributed by atoms with Crippen LogP contribution in [-0.2, 0) is 35.7 Å². The molecular weight excluding hydrogens is 635 g/mol. The van der Waals surface area contributed by atoms with Crippen LogP contribution >= 0.6 is 0 Å². The van der Waals surface area contributed by atoms with E-state index in [0.717, 1.165) is 11.3 Å². The Labute approximate surface area is 234 Å². The largest absolute Gasteiger partial charge is 0.512 e. The van der Waals surface area contributed by atoms with Crippen molar-refractivity contribution in [2.75, 3.05) is 0 Å². The summed E-state index contributed by atoms with van der Waals surface area (Å²) >= 11 is 0. The molecule has 0 amide bonds. The Morgan fingerprint density at radius 1 is 0.973 bits per heavy atom. The number of nitrogens with zero attached hydrogens (tertiary/aromatic N) is 1. The summed E-state index contributed by atoms with van der Waals surface area (Å²) in [7, 11) is 0. The van der Waals surface area contributed by atoms with Gasteiger partial charge in [-0.15, -0.1) is 35.4 Å². The molecule has 0 bridgehead atoms. The van der Waals surface area contributed by atoms with Gasteiger partial charge in [-0.3, -0.25) is 4.79 Å². The summed E-state index contributed by atoms with van der Waals surface area (Å²) in [6, 6.07) is 25.3. The molecule has 3 aromatic carbocycles. The van der Waals surface area contributed by atoms with E-state index in [0.29, 0.717) is 0 Å². The van der Waals surface area contributed by atoms with Crippen LogP contribution < -0.4 is 0 Å². The number of aromatic nitrogens is 1. The van der Waals surface area contributed by atoms with Gasteiger partial charge in [-0.1, -0.05) is 71.0 Å². The van der Waals surface area contributed by atoms with Crippen LogP contribution in [0.15, 0.2) is 78.7 Å². The Bertz CT molecular complexity index is 1490. The van der Waals surface area contributed by atoms with Crippen molar-refractivity contribution in [1.29, 1.82) is 0 Å². The summed E-state index contributed by atoms with van der Waals surface area (Å²) in [4.78, 5) is 14.9. The Hall–Kier alpha value is -3.07. The first kappa shape index (κ1) is 28.5. The number of hydrogen-bond acceptors (Lipinski definition) is 3. The second-order valence-electron chi connectivity index (χ2n) is 11.1. The zero-order valence-electron chi connectivity index (χ0n) is 22.6. The molecule has 0 saturated heterocycles. The van der Waals surface area contributed by atoms with Crippen LogP contribution in [0.25, 0.3) is 33.2 Å². The number of aliphatic hydroxyl groups is 1. The second kappa shape index (κ2) is 10.7. The maximum atomic E-state index is 10.0. The van der Waals surface area contributed by atoms with E-state index >= 15 is 0 Å². The molecule has 1 aromatic heterocycles. The van der Waals surface area contributed by atoms with E-state index in [1.54, 1.807) is 0 Å². The van der Waals surface area contributed by atoms with Crippen molar-refractivity contribution in [3.05, 3.63) is 101 Å². The van der Waals surface area contributed by atoms with E-state index in [9.17, 15) is 4.79 Å². The number of benzene rings is 3. The van der Waals surface area contributed by atoms with Crippen LogP contribution in [0.3, 0.4) is 0 Å². The molecule has 3 nitrogen and oxygen atoms in total. The van der Waals surface area contributed by atoms with Crippen molar-refractivity contribution < 1.29 is 30.0 Å². The van der Waals surface area contributed by atoms with E-state index < -0.39 is 0 Å². The van der Waals surface area contributed by atoms with Crippen molar-refractivity contribution in [2.24, 2.45) is 0 Å². The van der Waals surface area contributed by atoms with E-state index in [1.807, 2.05) is 12.3 Å². The van der Waals surface area contributed by atoms with Crippen LogP contribution in [0.5, 0.6) is 0 Å². The third-order valence-electron chi connectivity index (χ3n) is 6.76. The Morgan fingerprint density at radius 2 is 1.65 bits per heavy atom. The minimum Gasteiger partial charge on any atom is -0.512 e. The van der Waals surface area contributed by atoms with Gasteiger partial charge in [-0.05, 0) is 64.0 Å². The van der Waals surface area contributed by atoms with Crippen LogP contribution in [0.2, 0.25) is 0 Å². The van der Waals surface area contributed by atoms with Gasteiger partial charge in [0.1, 0.15) is 0 Å². The van der Waals surface area contributed by atoms with Crippen molar-refractivity contribution in [3.8, 4) is 22.4 Å². The molecule has 4 heteroatoms. The maximum Gasteiger partial charge on any atom is 0.155 e. The van der Waals surface area contributed by atoms with Crippen LogP contribution in [0.1, 0.15) is 65.2 Å². The van der Waals surface area contributed by atoms with E-state index in [2.05, 4.69) is 95.3 Å². The van der Waals surface area contributed by atoms with Crippen molar-refractivity contribution in [2.45, 2.75) is 59.3 Å². The molecule has 0 fully saturated rings. The number of carbonyl (C=O) groups excluding carboxylic acids is 1. The molecule has 193 valence electrons. The molecule has 0 spiro atoms. The van der Waals surface area contributed by atoms with Crippen LogP contribution in [0, 0.1) is 6.07 Å². The number of aliphatic hydroxyl groups excluding tert-OH is 1. The van der Waals surface area contributed by atoms with E-state index in [4.69, 9.17) is 10.1 Å². The number of hydrogen-bond donors (Lipinski definition) is 1. The molecule has 4 aromatic rings. The normalized spacial score (nSPS) is 13.6. The fraction of sp³-hybridized carbons (Fsp3) is 0.273. The molecule has 1 aliphatic carbocycles. The van der Waals surface area contributed by atoms with Gasteiger partial charge in [0.15, 0.2) is 5.78 Å². The Morgan fingerprint density at radius 3 is 2.27 bits per heavy atom.